The van der Waals surface area contributed by atoms with Crippen molar-refractivity contribution in [1.82, 2.24) is 0 Å². The molecule has 0 heterocycles. The van der Waals surface area contributed by atoms with Crippen molar-refractivity contribution in [1.29, 1.82) is 0 Å². The van der Waals surface area contributed by atoms with Crippen molar-refractivity contribution >= 4 is 11.8 Å². The summed E-state index contributed by atoms with van der Waals surface area (Å²) in [4.78, 5) is 0. The molecular formula is C7H16OS. The van der Waals surface area contributed by atoms with Crippen LogP contribution in [-0.4, -0.2) is 17.3 Å². The van der Waals surface area contributed by atoms with E-state index in [1.807, 2.05) is 11.8 Å². The number of hydrogen-bond acceptors (Lipinski definition) is 2. The van der Waals surface area contributed by atoms with Gasteiger partial charge in [0.25, 0.3) is 0 Å². The van der Waals surface area contributed by atoms with Gasteiger partial charge in [0.2, 0.25) is 0 Å². The van der Waals surface area contributed by atoms with Gasteiger partial charge in [-0.1, -0.05) is 6.92 Å². The van der Waals surface area contributed by atoms with Crippen LogP contribution in [0.3, 0.4) is 0 Å². The van der Waals surface area contributed by atoms with E-state index in [0.29, 0.717) is 0 Å². The fraction of sp³-hybridized carbons (Fsp3) is 1.00. The fourth-order valence-electron chi connectivity index (χ4n) is 0.302. The van der Waals surface area contributed by atoms with Crippen LogP contribution in [0.1, 0.15) is 27.7 Å². The number of thioether (sulfide) groups is 1. The van der Waals surface area contributed by atoms with Gasteiger partial charge in [-0.2, -0.15) is 0 Å². The van der Waals surface area contributed by atoms with Crippen molar-refractivity contribution in [2.45, 2.75) is 33.3 Å². The largest absolute Gasteiger partial charge is 0.365 e. The first-order valence-corrected chi connectivity index (χ1v) is 4.43. The minimum atomic E-state index is 0.0299. The highest BCUT2D eigenvalue weighted by Crippen LogP contribution is 2.10. The Morgan fingerprint density at radius 3 is 2.22 bits per heavy atom. The summed E-state index contributed by atoms with van der Waals surface area (Å²) < 4.78 is 5.43. The van der Waals surface area contributed by atoms with Gasteiger partial charge in [-0.25, -0.2) is 0 Å². The van der Waals surface area contributed by atoms with E-state index in [1.165, 1.54) is 0 Å². The quantitative estimate of drug-likeness (QED) is 0.449. The summed E-state index contributed by atoms with van der Waals surface area (Å²) in [5.41, 5.74) is 0.0299. The van der Waals surface area contributed by atoms with Gasteiger partial charge < -0.3 is 4.74 Å². The van der Waals surface area contributed by atoms with E-state index in [-0.39, 0.29) is 5.60 Å². The van der Waals surface area contributed by atoms with Crippen LogP contribution >= 0.6 is 11.8 Å². The van der Waals surface area contributed by atoms with E-state index in [1.54, 1.807) is 0 Å². The molecule has 0 aliphatic rings. The van der Waals surface area contributed by atoms with Crippen LogP contribution in [0, 0.1) is 0 Å². The molecule has 1 nitrogen and oxygen atoms in total. The molecule has 0 aromatic rings. The van der Waals surface area contributed by atoms with E-state index in [9.17, 15) is 0 Å². The third-order valence-electron chi connectivity index (χ3n) is 0.779. The second kappa shape index (κ2) is 4.18. The van der Waals surface area contributed by atoms with E-state index >= 15 is 0 Å². The maximum atomic E-state index is 5.43. The normalized spacial score (nSPS) is 12.0. The monoisotopic (exact) mass is 148 g/mol. The molecule has 0 rings (SSSR count). The van der Waals surface area contributed by atoms with E-state index in [0.717, 1.165) is 11.7 Å². The molecular weight excluding hydrogens is 132 g/mol. The molecule has 0 aliphatic heterocycles. The molecule has 9 heavy (non-hydrogen) atoms. The molecule has 0 aromatic carbocycles. The van der Waals surface area contributed by atoms with Crippen LogP contribution in [0.5, 0.6) is 0 Å². The predicted octanol–water partition coefficient (Wildman–Crippen LogP) is 2.51. The Morgan fingerprint density at radius 1 is 1.33 bits per heavy atom. The fourth-order valence-corrected chi connectivity index (χ4v) is 0.905. The maximum absolute atomic E-state index is 5.43. The Kier molecular flexibility index (Phi) is 4.32. The lowest BCUT2D eigenvalue weighted by Crippen LogP contribution is -2.18. The molecule has 0 saturated carbocycles. The van der Waals surface area contributed by atoms with Crippen molar-refractivity contribution in [3.63, 3.8) is 0 Å². The number of ether oxygens (including phenoxy) is 1. The third kappa shape index (κ3) is 8.31. The smallest absolute Gasteiger partial charge is 0.0927 e. The molecule has 0 aromatic heterocycles. The highest BCUT2D eigenvalue weighted by Gasteiger charge is 2.08. The molecule has 0 unspecified atom stereocenters. The zero-order chi connectivity index (χ0) is 7.33. The second-order valence-electron chi connectivity index (χ2n) is 2.87. The molecule has 0 aliphatic carbocycles. The third-order valence-corrected chi connectivity index (χ3v) is 1.47. The molecule has 0 atom stereocenters. The van der Waals surface area contributed by atoms with Crippen molar-refractivity contribution in [2.24, 2.45) is 0 Å². The summed E-state index contributed by atoms with van der Waals surface area (Å²) in [7, 11) is 0. The molecule has 0 bridgehead atoms. The van der Waals surface area contributed by atoms with Gasteiger partial charge in [0, 0.05) is 0 Å². The van der Waals surface area contributed by atoms with E-state index in [2.05, 4.69) is 27.7 Å². The zero-order valence-electron chi connectivity index (χ0n) is 6.73. The first-order valence-electron chi connectivity index (χ1n) is 3.28. The molecule has 0 saturated heterocycles. The average Bonchev–Trinajstić information content (AvgIpc) is 1.63. The van der Waals surface area contributed by atoms with Gasteiger partial charge >= 0.3 is 0 Å². The van der Waals surface area contributed by atoms with Gasteiger partial charge in [-0.05, 0) is 26.5 Å². The summed E-state index contributed by atoms with van der Waals surface area (Å²) in [6.07, 6.45) is 0. The van der Waals surface area contributed by atoms with Crippen molar-refractivity contribution in [2.75, 3.05) is 11.7 Å². The SMILES string of the molecule is CCSCOC(C)(C)C. The Labute approximate surface area is 62.2 Å². The first-order chi connectivity index (χ1) is 4.06. The van der Waals surface area contributed by atoms with Crippen molar-refractivity contribution < 1.29 is 4.74 Å². The average molecular weight is 148 g/mol. The second-order valence-corrected chi connectivity index (χ2v) is 4.09. The van der Waals surface area contributed by atoms with Crippen LogP contribution in [0.25, 0.3) is 0 Å². The summed E-state index contributed by atoms with van der Waals surface area (Å²) in [6.45, 7) is 8.35. The summed E-state index contributed by atoms with van der Waals surface area (Å²) in [5, 5.41) is 0. The van der Waals surface area contributed by atoms with Crippen molar-refractivity contribution in [3.05, 3.63) is 0 Å². The minimum absolute atomic E-state index is 0.0299. The predicted molar refractivity (Wildman–Crippen MR) is 43.8 cm³/mol. The Balaban J connectivity index is 3.07. The molecule has 0 spiro atoms. The van der Waals surface area contributed by atoms with E-state index in [4.69, 9.17) is 4.74 Å². The van der Waals surface area contributed by atoms with Gasteiger partial charge in [-0.3, -0.25) is 0 Å². The molecule has 0 N–H and O–H groups in total. The van der Waals surface area contributed by atoms with Crippen LogP contribution in [0.15, 0.2) is 0 Å². The lowest BCUT2D eigenvalue weighted by molar-refractivity contribution is 0.0288. The molecule has 56 valence electrons. The highest BCUT2D eigenvalue weighted by molar-refractivity contribution is 7.99. The molecule has 2 heteroatoms. The zero-order valence-corrected chi connectivity index (χ0v) is 7.55. The molecule has 0 amide bonds. The minimum Gasteiger partial charge on any atom is -0.365 e. The topological polar surface area (TPSA) is 9.23 Å². The van der Waals surface area contributed by atoms with E-state index < -0.39 is 0 Å². The molecule has 0 radical (unpaired) electrons. The Morgan fingerprint density at radius 2 is 1.89 bits per heavy atom. The first kappa shape index (κ1) is 9.31. The van der Waals surface area contributed by atoms with Gasteiger partial charge in [0.15, 0.2) is 0 Å². The Bertz CT molecular complexity index is 65.8. The lowest BCUT2D eigenvalue weighted by atomic mass is 10.2. The highest BCUT2D eigenvalue weighted by atomic mass is 32.2. The standard InChI is InChI=1S/C7H16OS/c1-5-9-6-8-7(2,3)4/h5-6H2,1-4H3. The lowest BCUT2D eigenvalue weighted by Gasteiger charge is -2.18. The van der Waals surface area contributed by atoms with Gasteiger partial charge in [-0.15, -0.1) is 11.8 Å². The maximum Gasteiger partial charge on any atom is 0.0927 e. The van der Waals surface area contributed by atoms with Gasteiger partial charge in [0.05, 0.1) is 11.5 Å². The van der Waals surface area contributed by atoms with Gasteiger partial charge in [0.1, 0.15) is 0 Å². The van der Waals surface area contributed by atoms with Crippen LogP contribution in [-0.2, 0) is 4.74 Å². The summed E-state index contributed by atoms with van der Waals surface area (Å²) in [6, 6.07) is 0. The number of rotatable bonds is 3. The summed E-state index contributed by atoms with van der Waals surface area (Å²) >= 11 is 1.81. The van der Waals surface area contributed by atoms with Crippen LogP contribution < -0.4 is 0 Å². The number of hydrogen-bond donors (Lipinski definition) is 0. The van der Waals surface area contributed by atoms with Crippen LogP contribution in [0.4, 0.5) is 0 Å². The Hall–Kier alpha value is 0.310. The molecule has 0 fully saturated rings. The van der Waals surface area contributed by atoms with Crippen molar-refractivity contribution in [3.8, 4) is 0 Å². The summed E-state index contributed by atoms with van der Waals surface area (Å²) in [5.74, 6) is 1.95. The van der Waals surface area contributed by atoms with Crippen LogP contribution in [0.2, 0.25) is 0 Å².